The molecular weight excluding hydrogens is 327 g/mol. The first-order valence-electron chi connectivity index (χ1n) is 7.08. The van der Waals surface area contributed by atoms with Crippen LogP contribution in [0.4, 0.5) is 0 Å². The summed E-state index contributed by atoms with van der Waals surface area (Å²) in [5.41, 5.74) is 1.82. The molecule has 1 aromatic heterocycles. The van der Waals surface area contributed by atoms with Crippen molar-refractivity contribution >= 4 is 40.2 Å². The minimum atomic E-state index is -0.430. The highest BCUT2D eigenvalue weighted by molar-refractivity contribution is 6.35. The SMILES string of the molecule is COC(=O)c1cc(Cl)c2nc(CCl)n(C[C@@H]3CCCO3)c2c1. The topological polar surface area (TPSA) is 53.3 Å². The van der Waals surface area contributed by atoms with Crippen LogP contribution in [0.15, 0.2) is 12.1 Å². The van der Waals surface area contributed by atoms with Gasteiger partial charge < -0.3 is 14.0 Å². The van der Waals surface area contributed by atoms with Crippen molar-refractivity contribution in [3.8, 4) is 0 Å². The largest absolute Gasteiger partial charge is 0.465 e. The fourth-order valence-electron chi connectivity index (χ4n) is 2.76. The maximum absolute atomic E-state index is 11.8. The number of aromatic nitrogens is 2. The molecule has 0 radical (unpaired) electrons. The quantitative estimate of drug-likeness (QED) is 0.631. The number of ether oxygens (including phenoxy) is 2. The van der Waals surface area contributed by atoms with E-state index in [9.17, 15) is 4.79 Å². The number of hydrogen-bond acceptors (Lipinski definition) is 4. The van der Waals surface area contributed by atoms with Crippen LogP contribution in [0.1, 0.15) is 29.0 Å². The molecular formula is C15H16Cl2N2O3. The van der Waals surface area contributed by atoms with Crippen molar-refractivity contribution in [2.24, 2.45) is 0 Å². The average Bonchev–Trinajstić information content (AvgIpc) is 3.15. The van der Waals surface area contributed by atoms with E-state index in [1.807, 2.05) is 4.57 Å². The molecule has 1 atom stereocenters. The highest BCUT2D eigenvalue weighted by Gasteiger charge is 2.21. The summed E-state index contributed by atoms with van der Waals surface area (Å²) in [5, 5.41) is 0.412. The number of carbonyl (C=O) groups excluding carboxylic acids is 1. The molecule has 0 spiro atoms. The number of benzene rings is 1. The Morgan fingerprint density at radius 3 is 3.00 bits per heavy atom. The molecule has 1 aliphatic heterocycles. The normalized spacial score (nSPS) is 18.0. The molecule has 1 saturated heterocycles. The highest BCUT2D eigenvalue weighted by atomic mass is 35.5. The predicted molar refractivity (Wildman–Crippen MR) is 84.6 cm³/mol. The number of imidazole rings is 1. The third kappa shape index (κ3) is 2.81. The Kier molecular flexibility index (Phi) is 4.57. The molecule has 0 saturated carbocycles. The maximum Gasteiger partial charge on any atom is 0.337 e. The van der Waals surface area contributed by atoms with Gasteiger partial charge in [-0.15, -0.1) is 11.6 Å². The Bertz CT molecular complexity index is 708. The lowest BCUT2D eigenvalue weighted by Crippen LogP contribution is -2.16. The number of methoxy groups -OCH3 is 1. The second kappa shape index (κ2) is 6.44. The molecule has 3 rings (SSSR count). The Hall–Kier alpha value is -1.30. The van der Waals surface area contributed by atoms with E-state index in [4.69, 9.17) is 32.7 Å². The molecule has 0 N–H and O–H groups in total. The maximum atomic E-state index is 11.8. The van der Waals surface area contributed by atoms with Gasteiger partial charge in [-0.3, -0.25) is 0 Å². The molecule has 5 nitrogen and oxygen atoms in total. The molecule has 2 heterocycles. The van der Waals surface area contributed by atoms with Gasteiger partial charge in [0.1, 0.15) is 11.3 Å². The summed E-state index contributed by atoms with van der Waals surface area (Å²) < 4.78 is 12.4. The van der Waals surface area contributed by atoms with E-state index in [-0.39, 0.29) is 12.0 Å². The van der Waals surface area contributed by atoms with Crippen molar-refractivity contribution < 1.29 is 14.3 Å². The number of esters is 1. The van der Waals surface area contributed by atoms with Gasteiger partial charge in [0.15, 0.2) is 0 Å². The lowest BCUT2D eigenvalue weighted by Gasteiger charge is -2.13. The number of hydrogen-bond donors (Lipinski definition) is 0. The molecule has 1 fully saturated rings. The van der Waals surface area contributed by atoms with Crippen LogP contribution in [0, 0.1) is 0 Å². The van der Waals surface area contributed by atoms with E-state index in [1.165, 1.54) is 7.11 Å². The molecule has 0 bridgehead atoms. The van der Waals surface area contributed by atoms with E-state index < -0.39 is 5.97 Å². The third-order valence-electron chi connectivity index (χ3n) is 3.84. The first-order valence-corrected chi connectivity index (χ1v) is 8.00. The molecule has 118 valence electrons. The first-order chi connectivity index (χ1) is 10.6. The standard InChI is InChI=1S/C15H16Cl2N2O3/c1-21-15(20)9-5-11(17)14-12(6-9)19(13(7-16)18-14)8-10-3-2-4-22-10/h5-6,10H,2-4,7-8H2,1H3/t10-/m0/s1. The van der Waals surface area contributed by atoms with Crippen LogP contribution in [0.5, 0.6) is 0 Å². The van der Waals surface area contributed by atoms with Crippen molar-refractivity contribution in [2.45, 2.75) is 31.4 Å². The zero-order valence-electron chi connectivity index (χ0n) is 12.1. The molecule has 0 amide bonds. The molecule has 1 aromatic carbocycles. The molecule has 7 heteroatoms. The Balaban J connectivity index is 2.10. The zero-order chi connectivity index (χ0) is 15.7. The summed E-state index contributed by atoms with van der Waals surface area (Å²) in [5.74, 6) is 0.558. The predicted octanol–water partition coefficient (Wildman–Crippen LogP) is 3.39. The van der Waals surface area contributed by atoms with Crippen molar-refractivity contribution in [1.82, 2.24) is 9.55 Å². The van der Waals surface area contributed by atoms with Gasteiger partial charge in [0.05, 0.1) is 41.7 Å². The van der Waals surface area contributed by atoms with E-state index in [0.717, 1.165) is 30.8 Å². The minimum absolute atomic E-state index is 0.139. The zero-order valence-corrected chi connectivity index (χ0v) is 13.7. The van der Waals surface area contributed by atoms with E-state index >= 15 is 0 Å². The van der Waals surface area contributed by atoms with E-state index in [2.05, 4.69) is 4.98 Å². The Labute approximate surface area is 138 Å². The van der Waals surface area contributed by atoms with Crippen molar-refractivity contribution in [1.29, 1.82) is 0 Å². The van der Waals surface area contributed by atoms with E-state index in [0.29, 0.717) is 22.6 Å². The van der Waals surface area contributed by atoms with Crippen LogP contribution < -0.4 is 0 Å². The summed E-state index contributed by atoms with van der Waals surface area (Å²) in [6.07, 6.45) is 2.20. The number of rotatable bonds is 4. The summed E-state index contributed by atoms with van der Waals surface area (Å²) in [6.45, 7) is 1.43. The third-order valence-corrected chi connectivity index (χ3v) is 4.36. The summed E-state index contributed by atoms with van der Waals surface area (Å²) in [6, 6.07) is 3.31. The molecule has 0 aliphatic carbocycles. The Morgan fingerprint density at radius 1 is 1.55 bits per heavy atom. The molecule has 22 heavy (non-hydrogen) atoms. The lowest BCUT2D eigenvalue weighted by molar-refractivity contribution is 0.0601. The number of fused-ring (bicyclic) bond motifs is 1. The number of alkyl halides is 1. The highest BCUT2D eigenvalue weighted by Crippen LogP contribution is 2.28. The van der Waals surface area contributed by atoms with Crippen LogP contribution in [-0.4, -0.2) is 35.3 Å². The minimum Gasteiger partial charge on any atom is -0.465 e. The van der Waals surface area contributed by atoms with Gasteiger partial charge in [0.25, 0.3) is 0 Å². The van der Waals surface area contributed by atoms with Crippen LogP contribution in [0.3, 0.4) is 0 Å². The van der Waals surface area contributed by atoms with Crippen LogP contribution in [0.25, 0.3) is 11.0 Å². The van der Waals surface area contributed by atoms with Gasteiger partial charge in [0.2, 0.25) is 0 Å². The first kappa shape index (κ1) is 15.6. The fourth-order valence-corrected chi connectivity index (χ4v) is 3.22. The summed E-state index contributed by atoms with van der Waals surface area (Å²) in [4.78, 5) is 16.3. The molecule has 1 aliphatic rings. The average molecular weight is 343 g/mol. The lowest BCUT2D eigenvalue weighted by atomic mass is 10.2. The number of halogens is 2. The van der Waals surface area contributed by atoms with Gasteiger partial charge >= 0.3 is 5.97 Å². The Morgan fingerprint density at radius 2 is 2.36 bits per heavy atom. The van der Waals surface area contributed by atoms with Crippen LogP contribution in [-0.2, 0) is 21.9 Å². The monoisotopic (exact) mass is 342 g/mol. The second-order valence-electron chi connectivity index (χ2n) is 5.22. The number of carbonyl (C=O) groups is 1. The fraction of sp³-hybridized carbons (Fsp3) is 0.467. The van der Waals surface area contributed by atoms with Crippen LogP contribution >= 0.6 is 23.2 Å². The van der Waals surface area contributed by atoms with Crippen molar-refractivity contribution in [3.05, 3.63) is 28.5 Å². The smallest absolute Gasteiger partial charge is 0.337 e. The second-order valence-corrected chi connectivity index (χ2v) is 5.90. The van der Waals surface area contributed by atoms with Gasteiger partial charge in [0, 0.05) is 6.61 Å². The van der Waals surface area contributed by atoms with E-state index in [1.54, 1.807) is 12.1 Å². The van der Waals surface area contributed by atoms with Crippen molar-refractivity contribution in [2.75, 3.05) is 13.7 Å². The van der Waals surface area contributed by atoms with Gasteiger partial charge in [-0.05, 0) is 25.0 Å². The molecule has 0 unspecified atom stereocenters. The van der Waals surface area contributed by atoms with Gasteiger partial charge in [-0.1, -0.05) is 11.6 Å². The molecule has 2 aromatic rings. The summed E-state index contributed by atoms with van der Waals surface area (Å²) >= 11 is 12.3. The summed E-state index contributed by atoms with van der Waals surface area (Å²) in [7, 11) is 1.34. The van der Waals surface area contributed by atoms with Crippen molar-refractivity contribution in [3.63, 3.8) is 0 Å². The van der Waals surface area contributed by atoms with Gasteiger partial charge in [-0.2, -0.15) is 0 Å². The number of nitrogens with zero attached hydrogens (tertiary/aromatic N) is 2. The van der Waals surface area contributed by atoms with Crippen LogP contribution in [0.2, 0.25) is 5.02 Å². The van der Waals surface area contributed by atoms with Gasteiger partial charge in [-0.25, -0.2) is 9.78 Å².